The molecule has 2 aliphatic carbocycles. The lowest BCUT2D eigenvalue weighted by molar-refractivity contribution is -0.329. The van der Waals surface area contributed by atoms with E-state index in [0.717, 1.165) is 12.8 Å². The van der Waals surface area contributed by atoms with Crippen molar-refractivity contribution in [1.29, 1.82) is 0 Å². The molecule has 0 saturated heterocycles. The molecule has 2 fully saturated rings. The molecule has 0 aromatic heterocycles. The van der Waals surface area contributed by atoms with Gasteiger partial charge in [-0.15, -0.1) is 0 Å². The molecule has 0 heterocycles. The summed E-state index contributed by atoms with van der Waals surface area (Å²) in [6, 6.07) is -0.468. The Kier molecular flexibility index (Phi) is 3.19. The van der Waals surface area contributed by atoms with Crippen molar-refractivity contribution >= 4 is 5.91 Å². The minimum Gasteiger partial charge on any atom is -0.351 e. The Morgan fingerprint density at radius 1 is 1.25 bits per heavy atom. The highest BCUT2D eigenvalue weighted by molar-refractivity contribution is 5.84. The van der Waals surface area contributed by atoms with E-state index < -0.39 is 23.9 Å². The molecule has 2 rings (SSSR count). The maximum absolute atomic E-state index is 12.4. The molecule has 2 aliphatic rings. The molecule has 1 amide bonds. The van der Waals surface area contributed by atoms with Crippen LogP contribution in [0, 0.1) is 16.7 Å². The molecule has 0 aromatic carbocycles. The van der Waals surface area contributed by atoms with Gasteiger partial charge >= 0.3 is 12.0 Å². The maximum Gasteiger partial charge on any atom is 0.453 e. The van der Waals surface area contributed by atoms with Crippen LogP contribution in [0.4, 0.5) is 13.2 Å². The first kappa shape index (κ1) is 15.6. The van der Waals surface area contributed by atoms with E-state index in [2.05, 4.69) is 5.32 Å². The lowest BCUT2D eigenvalue weighted by Gasteiger charge is -2.40. The summed E-state index contributed by atoms with van der Waals surface area (Å²) in [5.74, 6) is -5.80. The summed E-state index contributed by atoms with van der Waals surface area (Å²) in [5.41, 5.74) is -0.411. The van der Waals surface area contributed by atoms with E-state index in [0.29, 0.717) is 12.3 Å². The van der Waals surface area contributed by atoms with Crippen LogP contribution in [0.25, 0.3) is 0 Å². The van der Waals surface area contributed by atoms with Gasteiger partial charge in [0.05, 0.1) is 0 Å². The van der Waals surface area contributed by atoms with Crippen LogP contribution in [-0.2, 0) is 4.79 Å². The molecule has 3 atom stereocenters. The zero-order chi connectivity index (χ0) is 15.6. The van der Waals surface area contributed by atoms with E-state index in [1.807, 2.05) is 20.8 Å². The van der Waals surface area contributed by atoms with E-state index in [1.165, 1.54) is 0 Å². The first-order valence-corrected chi connectivity index (χ1v) is 6.66. The number of amides is 1. The third kappa shape index (κ3) is 1.86. The van der Waals surface area contributed by atoms with Gasteiger partial charge in [0.15, 0.2) is 0 Å². The number of halogens is 3. The Bertz CT molecular complexity index is 433. The van der Waals surface area contributed by atoms with Gasteiger partial charge in [0.25, 0.3) is 5.91 Å². The normalized spacial score (nSPS) is 36.2. The lowest BCUT2D eigenvalue weighted by atomic mass is 9.69. The summed E-state index contributed by atoms with van der Waals surface area (Å²) in [7, 11) is 0. The van der Waals surface area contributed by atoms with Crippen molar-refractivity contribution in [2.45, 2.75) is 58.0 Å². The second-order valence-electron chi connectivity index (χ2n) is 6.81. The average Bonchev–Trinajstić information content (AvgIpc) is 2.60. The third-order valence-electron chi connectivity index (χ3n) is 5.81. The van der Waals surface area contributed by atoms with E-state index in [4.69, 9.17) is 10.2 Å². The topological polar surface area (TPSA) is 69.6 Å². The van der Waals surface area contributed by atoms with E-state index in [1.54, 1.807) is 0 Å². The van der Waals surface area contributed by atoms with Crippen LogP contribution in [0.15, 0.2) is 0 Å². The maximum atomic E-state index is 12.4. The van der Waals surface area contributed by atoms with Crippen molar-refractivity contribution in [3.8, 4) is 0 Å². The molecule has 116 valence electrons. The van der Waals surface area contributed by atoms with E-state index in [9.17, 15) is 18.0 Å². The zero-order valence-electron chi connectivity index (χ0n) is 11.7. The molecule has 0 unspecified atom stereocenters. The molecule has 0 aliphatic heterocycles. The van der Waals surface area contributed by atoms with Gasteiger partial charge in [0.2, 0.25) is 0 Å². The first-order valence-electron chi connectivity index (χ1n) is 6.66. The van der Waals surface area contributed by atoms with Gasteiger partial charge in [-0.3, -0.25) is 4.79 Å². The van der Waals surface area contributed by atoms with Crippen LogP contribution in [-0.4, -0.2) is 34.1 Å². The third-order valence-corrected chi connectivity index (χ3v) is 5.81. The van der Waals surface area contributed by atoms with Crippen LogP contribution in [0.3, 0.4) is 0 Å². The molecule has 0 aromatic rings. The second-order valence-corrected chi connectivity index (χ2v) is 6.81. The van der Waals surface area contributed by atoms with Gasteiger partial charge in [0, 0.05) is 6.04 Å². The standard InChI is InChI=1S/C13H20F3NO3/c1-10(2)7-4-5-11(10,3)8(6-7)17-9(18)12(19,20)13(14,15)16/h7-8,19-20H,4-6H2,1-3H3,(H,17,18)/t7-,8-,11+/m1/s1. The fraction of sp³-hybridized carbons (Fsp3) is 0.923. The fourth-order valence-corrected chi connectivity index (χ4v) is 3.81. The van der Waals surface area contributed by atoms with Crippen LogP contribution in [0.5, 0.6) is 0 Å². The molecule has 20 heavy (non-hydrogen) atoms. The van der Waals surface area contributed by atoms with Gasteiger partial charge in [0.1, 0.15) is 0 Å². The SMILES string of the molecule is CC1(C)[C@@H]2CC[C@@]1(C)[C@H](NC(=O)C(O)(O)C(F)(F)F)C2. The number of aliphatic hydroxyl groups is 2. The number of rotatable bonds is 2. The van der Waals surface area contributed by atoms with Gasteiger partial charge < -0.3 is 15.5 Å². The summed E-state index contributed by atoms with van der Waals surface area (Å²) in [4.78, 5) is 11.6. The smallest absolute Gasteiger partial charge is 0.351 e. The molecule has 2 bridgehead atoms. The van der Waals surface area contributed by atoms with Crippen molar-refractivity contribution in [2.24, 2.45) is 16.7 Å². The Balaban J connectivity index is 2.16. The first-order chi connectivity index (χ1) is 8.84. The summed E-state index contributed by atoms with van der Waals surface area (Å²) < 4.78 is 37.3. The minimum absolute atomic E-state index is 0.0866. The summed E-state index contributed by atoms with van der Waals surface area (Å²) >= 11 is 0. The Morgan fingerprint density at radius 2 is 1.80 bits per heavy atom. The summed E-state index contributed by atoms with van der Waals surface area (Å²) in [6.45, 7) is 6.03. The highest BCUT2D eigenvalue weighted by Crippen LogP contribution is 2.65. The molecular weight excluding hydrogens is 275 g/mol. The molecular formula is C13H20F3NO3. The van der Waals surface area contributed by atoms with Crippen LogP contribution in [0.2, 0.25) is 0 Å². The monoisotopic (exact) mass is 295 g/mol. The van der Waals surface area contributed by atoms with Gasteiger partial charge in [-0.1, -0.05) is 20.8 Å². The molecule has 0 radical (unpaired) electrons. The molecule has 3 N–H and O–H groups in total. The van der Waals surface area contributed by atoms with Crippen molar-refractivity contribution in [2.75, 3.05) is 0 Å². The Hall–Kier alpha value is -0.820. The minimum atomic E-state index is -5.41. The van der Waals surface area contributed by atoms with Crippen LogP contribution >= 0.6 is 0 Å². The van der Waals surface area contributed by atoms with E-state index in [-0.39, 0.29) is 10.8 Å². The quantitative estimate of drug-likeness (QED) is 0.677. The number of alkyl halides is 3. The second kappa shape index (κ2) is 4.10. The number of carbonyl (C=O) groups is 1. The van der Waals surface area contributed by atoms with Gasteiger partial charge in [-0.05, 0) is 36.0 Å². The number of fused-ring (bicyclic) bond motifs is 2. The van der Waals surface area contributed by atoms with Crippen LogP contribution in [0.1, 0.15) is 40.0 Å². The Morgan fingerprint density at radius 3 is 2.15 bits per heavy atom. The predicted octanol–water partition coefficient (Wildman–Crippen LogP) is 1.56. The Labute approximate surface area is 115 Å². The van der Waals surface area contributed by atoms with Crippen molar-refractivity contribution in [3.05, 3.63) is 0 Å². The lowest BCUT2D eigenvalue weighted by Crippen LogP contribution is -2.60. The number of hydrogen-bond donors (Lipinski definition) is 3. The number of carbonyl (C=O) groups excluding carboxylic acids is 1. The van der Waals surface area contributed by atoms with Crippen molar-refractivity contribution in [1.82, 2.24) is 5.32 Å². The molecule has 7 heteroatoms. The summed E-state index contributed by atoms with van der Waals surface area (Å²) in [5, 5.41) is 20.2. The van der Waals surface area contributed by atoms with Crippen molar-refractivity contribution < 1.29 is 28.2 Å². The molecule has 4 nitrogen and oxygen atoms in total. The zero-order valence-corrected chi connectivity index (χ0v) is 11.7. The van der Waals surface area contributed by atoms with Gasteiger partial charge in [-0.25, -0.2) is 0 Å². The number of nitrogens with one attached hydrogen (secondary N) is 1. The predicted molar refractivity (Wildman–Crippen MR) is 64.4 cm³/mol. The highest BCUT2D eigenvalue weighted by Gasteiger charge is 2.64. The average molecular weight is 295 g/mol. The largest absolute Gasteiger partial charge is 0.453 e. The van der Waals surface area contributed by atoms with Crippen LogP contribution < -0.4 is 5.32 Å². The summed E-state index contributed by atoms with van der Waals surface area (Å²) in [6.07, 6.45) is -3.04. The fourth-order valence-electron chi connectivity index (χ4n) is 3.81. The van der Waals surface area contributed by atoms with Gasteiger partial charge in [-0.2, -0.15) is 13.2 Å². The highest BCUT2D eigenvalue weighted by atomic mass is 19.4. The molecule has 0 spiro atoms. The number of hydrogen-bond acceptors (Lipinski definition) is 3. The molecule has 2 saturated carbocycles. The van der Waals surface area contributed by atoms with E-state index >= 15 is 0 Å². The van der Waals surface area contributed by atoms with Crippen molar-refractivity contribution in [3.63, 3.8) is 0 Å².